The second-order valence-corrected chi connectivity index (χ2v) is 11.2. The Bertz CT molecular complexity index is 1500. The molecule has 0 aliphatic rings. The van der Waals surface area contributed by atoms with Gasteiger partial charge in [0.15, 0.2) is 0 Å². The minimum Gasteiger partial charge on any atom is -0.478 e. The third kappa shape index (κ3) is 6.53. The molecule has 10 heteroatoms. The number of fused-ring (bicyclic) bond motifs is 1. The van der Waals surface area contributed by atoms with Crippen molar-refractivity contribution in [2.45, 2.75) is 43.4 Å². The highest BCUT2D eigenvalue weighted by atomic mass is 32.2. The molecule has 37 heavy (non-hydrogen) atoms. The van der Waals surface area contributed by atoms with E-state index in [4.69, 9.17) is 5.11 Å². The summed E-state index contributed by atoms with van der Waals surface area (Å²) in [5.74, 6) is -0.987. The predicted octanol–water partition coefficient (Wildman–Crippen LogP) is 4.03. The number of hydrogen-bond acceptors (Lipinski definition) is 6. The van der Waals surface area contributed by atoms with Gasteiger partial charge in [-0.3, -0.25) is 4.72 Å². The number of hydrogen-bond donors (Lipinski definition) is 4. The van der Waals surface area contributed by atoms with Gasteiger partial charge in [-0.2, -0.15) is 0 Å². The molecule has 0 spiro atoms. The minimum atomic E-state index is -3.73. The molecule has 0 aliphatic carbocycles. The van der Waals surface area contributed by atoms with Gasteiger partial charge in [0, 0.05) is 24.3 Å². The monoisotopic (exact) mass is 522 g/mol. The maximum absolute atomic E-state index is 12.6. The maximum atomic E-state index is 12.6. The summed E-state index contributed by atoms with van der Waals surface area (Å²) in [6.45, 7) is 4.99. The van der Waals surface area contributed by atoms with Gasteiger partial charge in [-0.1, -0.05) is 30.3 Å². The Morgan fingerprint density at radius 2 is 1.81 bits per heavy atom. The molecule has 1 heterocycles. The Hall–Kier alpha value is -3.73. The number of aryl methyl sites for hydroxylation is 1. The molecule has 0 amide bonds. The number of aromatic nitrogens is 2. The van der Waals surface area contributed by atoms with Crippen LogP contribution in [0.4, 0.5) is 5.69 Å². The summed E-state index contributed by atoms with van der Waals surface area (Å²) >= 11 is 0. The summed E-state index contributed by atoms with van der Waals surface area (Å²) in [4.78, 5) is 15.7. The van der Waals surface area contributed by atoms with E-state index in [9.17, 15) is 18.3 Å². The summed E-state index contributed by atoms with van der Waals surface area (Å²) < 4.78 is 29.8. The van der Waals surface area contributed by atoms with E-state index in [-0.39, 0.29) is 22.5 Å². The van der Waals surface area contributed by atoms with Crippen LogP contribution in [0.3, 0.4) is 0 Å². The number of benzene rings is 3. The molecule has 4 rings (SSSR count). The Balaban J connectivity index is 1.35. The molecule has 1 aromatic heterocycles. The zero-order chi connectivity index (χ0) is 26.6. The number of carboxylic acid groups (broad SMARTS) is 1. The number of nitrogens with zero attached hydrogens (tertiary/aromatic N) is 2. The highest BCUT2D eigenvalue weighted by Gasteiger charge is 2.21. The second-order valence-electron chi connectivity index (χ2n) is 9.52. The molecule has 0 unspecified atom stereocenters. The smallest absolute Gasteiger partial charge is 0.335 e. The van der Waals surface area contributed by atoms with E-state index in [1.807, 2.05) is 18.4 Å². The van der Waals surface area contributed by atoms with E-state index >= 15 is 0 Å². The van der Waals surface area contributed by atoms with Crippen molar-refractivity contribution < 1.29 is 23.4 Å². The van der Waals surface area contributed by atoms with E-state index in [0.717, 1.165) is 11.9 Å². The first-order chi connectivity index (χ1) is 17.5. The van der Waals surface area contributed by atoms with Crippen LogP contribution < -0.4 is 10.0 Å². The molecular formula is C27H30N4O5S. The Kier molecular flexibility index (Phi) is 7.63. The highest BCUT2D eigenvalue weighted by Crippen LogP contribution is 2.22. The lowest BCUT2D eigenvalue weighted by molar-refractivity contribution is 0.0697. The van der Waals surface area contributed by atoms with Gasteiger partial charge in [0.05, 0.1) is 33.9 Å². The van der Waals surface area contributed by atoms with Crippen LogP contribution in [-0.4, -0.2) is 46.2 Å². The first-order valence-electron chi connectivity index (χ1n) is 11.8. The van der Waals surface area contributed by atoms with Gasteiger partial charge >= 0.3 is 5.97 Å². The lowest BCUT2D eigenvalue weighted by atomic mass is 9.99. The minimum absolute atomic E-state index is 0.164. The topological polar surface area (TPSA) is 134 Å². The Morgan fingerprint density at radius 3 is 2.54 bits per heavy atom. The Labute approximate surface area is 215 Å². The number of aliphatic hydroxyl groups is 1. The molecule has 9 nitrogen and oxygen atoms in total. The third-order valence-electron chi connectivity index (χ3n) is 6.20. The normalized spacial score (nSPS) is 12.9. The van der Waals surface area contributed by atoms with Crippen LogP contribution in [0.5, 0.6) is 0 Å². The van der Waals surface area contributed by atoms with E-state index in [0.29, 0.717) is 23.3 Å². The molecule has 0 radical (unpaired) electrons. The molecular weight excluding hydrogens is 492 g/mol. The number of β-amino-alcohol motifs (C(OH)–C–C–N with tert-alkyl or cyclic N) is 1. The molecule has 194 valence electrons. The molecule has 4 N–H and O–H groups in total. The number of aromatic carboxylic acids is 1. The number of rotatable bonds is 11. The summed E-state index contributed by atoms with van der Waals surface area (Å²) in [6.07, 6.45) is 1.58. The number of carboxylic acids is 1. The van der Waals surface area contributed by atoms with Gasteiger partial charge in [-0.15, -0.1) is 0 Å². The number of carbonyl (C=O) groups is 1. The van der Waals surface area contributed by atoms with Crippen molar-refractivity contribution in [1.29, 1.82) is 0 Å². The summed E-state index contributed by atoms with van der Waals surface area (Å²) in [5, 5.41) is 23.3. The quantitative estimate of drug-likeness (QED) is 0.234. The van der Waals surface area contributed by atoms with Gasteiger partial charge in [0.1, 0.15) is 0 Å². The van der Waals surface area contributed by atoms with Crippen molar-refractivity contribution in [2.24, 2.45) is 0 Å². The maximum Gasteiger partial charge on any atom is 0.335 e. The summed E-state index contributed by atoms with van der Waals surface area (Å²) in [6, 6.07) is 19.7. The van der Waals surface area contributed by atoms with Gasteiger partial charge < -0.3 is 20.1 Å². The van der Waals surface area contributed by atoms with Crippen molar-refractivity contribution >= 4 is 32.7 Å². The first-order valence-corrected chi connectivity index (χ1v) is 13.3. The molecule has 0 fully saturated rings. The van der Waals surface area contributed by atoms with E-state index in [2.05, 4.69) is 15.0 Å². The van der Waals surface area contributed by atoms with Crippen molar-refractivity contribution in [3.8, 4) is 0 Å². The van der Waals surface area contributed by atoms with E-state index in [1.165, 1.54) is 12.1 Å². The van der Waals surface area contributed by atoms with Crippen LogP contribution in [0.25, 0.3) is 11.0 Å². The first kappa shape index (κ1) is 26.3. The fourth-order valence-corrected chi connectivity index (χ4v) is 5.05. The molecule has 0 saturated heterocycles. The molecule has 0 saturated carbocycles. The number of anilines is 1. The average Bonchev–Trinajstić information content (AvgIpc) is 3.29. The number of imidazole rings is 1. The zero-order valence-electron chi connectivity index (χ0n) is 20.6. The predicted molar refractivity (Wildman–Crippen MR) is 142 cm³/mol. The molecule has 0 bridgehead atoms. The van der Waals surface area contributed by atoms with Crippen LogP contribution in [0.1, 0.15) is 42.3 Å². The fourth-order valence-electron chi connectivity index (χ4n) is 3.98. The molecule has 1 atom stereocenters. The number of aliphatic hydroxyl groups excluding tert-OH is 1. The summed E-state index contributed by atoms with van der Waals surface area (Å²) in [7, 11) is -3.73. The van der Waals surface area contributed by atoms with Crippen molar-refractivity contribution in [1.82, 2.24) is 14.9 Å². The SMILES string of the molecule is CC(C)(CCn1cnc2cc(C(=O)O)ccc21)NC[C@H](O)c1cccc(NS(=O)(=O)c2ccccc2)c1. The average molecular weight is 523 g/mol. The summed E-state index contributed by atoms with van der Waals surface area (Å²) in [5.41, 5.74) is 2.32. The van der Waals surface area contributed by atoms with Gasteiger partial charge in [0.25, 0.3) is 10.0 Å². The van der Waals surface area contributed by atoms with Crippen molar-refractivity contribution in [2.75, 3.05) is 11.3 Å². The van der Waals surface area contributed by atoms with Crippen LogP contribution in [0.15, 0.2) is 84.0 Å². The lowest BCUT2D eigenvalue weighted by Crippen LogP contribution is -2.42. The number of nitrogens with one attached hydrogen (secondary N) is 2. The molecule has 4 aromatic rings. The molecule has 3 aromatic carbocycles. The standard InChI is InChI=1S/C27H30N4O5S/c1-27(2,13-14-31-18-28-23-16-20(26(33)34)11-12-24(23)31)29-17-25(32)19-7-6-8-21(15-19)30-37(35,36)22-9-4-3-5-10-22/h3-12,15-16,18,25,29-30,32H,13-14,17H2,1-2H3,(H,33,34)/t25-/m0/s1. The Morgan fingerprint density at radius 1 is 1.05 bits per heavy atom. The lowest BCUT2D eigenvalue weighted by Gasteiger charge is -2.28. The fraction of sp³-hybridized carbons (Fsp3) is 0.259. The van der Waals surface area contributed by atoms with Gasteiger partial charge in [0.2, 0.25) is 0 Å². The van der Waals surface area contributed by atoms with E-state index < -0.39 is 22.1 Å². The third-order valence-corrected chi connectivity index (χ3v) is 7.59. The second kappa shape index (κ2) is 10.7. The zero-order valence-corrected chi connectivity index (χ0v) is 21.4. The van der Waals surface area contributed by atoms with Gasteiger partial charge in [-0.25, -0.2) is 18.2 Å². The van der Waals surface area contributed by atoms with E-state index in [1.54, 1.807) is 67.0 Å². The van der Waals surface area contributed by atoms with Crippen LogP contribution >= 0.6 is 0 Å². The highest BCUT2D eigenvalue weighted by molar-refractivity contribution is 7.92. The van der Waals surface area contributed by atoms with Gasteiger partial charge in [-0.05, 0) is 68.3 Å². The molecule has 0 aliphatic heterocycles. The van der Waals surface area contributed by atoms with Crippen LogP contribution in [0.2, 0.25) is 0 Å². The largest absolute Gasteiger partial charge is 0.478 e. The van der Waals surface area contributed by atoms with Crippen LogP contribution in [0, 0.1) is 0 Å². The van der Waals surface area contributed by atoms with Crippen molar-refractivity contribution in [3.63, 3.8) is 0 Å². The van der Waals surface area contributed by atoms with Crippen molar-refractivity contribution in [3.05, 3.63) is 90.3 Å². The number of sulfonamides is 1. The van der Waals surface area contributed by atoms with Crippen LogP contribution in [-0.2, 0) is 16.6 Å².